The van der Waals surface area contributed by atoms with Crippen LogP contribution in [0.5, 0.6) is 0 Å². The standard InChI is InChI=1S/C30H40ClN3O5/c1-6-16-32(5)26(36)22-23-27(37)34(18-9-10-19-35)25(30(23)15-14-29(22,8-3)39-30)28(38)33(17-7-2)24-20(4)12-11-13-21(24)31/h6-7,11-13,22-23,25,35H,1-2,8-10,14-19H2,3-5H3/t22-,23-,25?,29+,30?/m0/s1. The van der Waals surface area contributed by atoms with Gasteiger partial charge in [-0.2, -0.15) is 0 Å². The molecule has 39 heavy (non-hydrogen) atoms. The van der Waals surface area contributed by atoms with Crippen LogP contribution >= 0.6 is 11.6 Å². The number of hydrogen-bond acceptors (Lipinski definition) is 5. The number of likely N-dealkylation sites (N-methyl/N-ethyl adjacent to an activating group) is 1. The number of nitrogens with zero attached hydrogens (tertiary/aromatic N) is 3. The summed E-state index contributed by atoms with van der Waals surface area (Å²) in [6, 6.07) is 4.52. The number of aryl methyl sites for hydroxylation is 1. The number of para-hydroxylation sites is 1. The van der Waals surface area contributed by atoms with Crippen molar-refractivity contribution in [3.63, 3.8) is 0 Å². The van der Waals surface area contributed by atoms with Gasteiger partial charge < -0.3 is 24.5 Å². The van der Waals surface area contributed by atoms with Crippen molar-refractivity contribution in [1.29, 1.82) is 0 Å². The van der Waals surface area contributed by atoms with Crippen LogP contribution < -0.4 is 4.90 Å². The summed E-state index contributed by atoms with van der Waals surface area (Å²) in [5, 5.41) is 9.85. The Morgan fingerprint density at radius 3 is 2.54 bits per heavy atom. The van der Waals surface area contributed by atoms with Crippen molar-refractivity contribution >= 4 is 35.0 Å². The Labute approximate surface area is 236 Å². The van der Waals surface area contributed by atoms with E-state index in [1.165, 1.54) is 0 Å². The van der Waals surface area contributed by atoms with E-state index in [9.17, 15) is 19.5 Å². The summed E-state index contributed by atoms with van der Waals surface area (Å²) in [5.74, 6) is -2.16. The van der Waals surface area contributed by atoms with E-state index in [0.717, 1.165) is 5.56 Å². The maximum Gasteiger partial charge on any atom is 0.253 e. The maximum atomic E-state index is 14.6. The molecule has 3 saturated heterocycles. The Morgan fingerprint density at radius 1 is 1.21 bits per heavy atom. The van der Waals surface area contributed by atoms with Gasteiger partial charge in [0.25, 0.3) is 5.91 Å². The number of hydrogen-bond donors (Lipinski definition) is 1. The topological polar surface area (TPSA) is 90.4 Å². The van der Waals surface area contributed by atoms with Crippen molar-refractivity contribution in [2.24, 2.45) is 11.8 Å². The quantitative estimate of drug-likeness (QED) is 0.312. The van der Waals surface area contributed by atoms with Crippen LogP contribution in [-0.2, 0) is 19.1 Å². The summed E-state index contributed by atoms with van der Waals surface area (Å²) in [7, 11) is 1.71. The number of anilines is 1. The summed E-state index contributed by atoms with van der Waals surface area (Å²) < 4.78 is 6.86. The molecule has 3 fully saturated rings. The van der Waals surface area contributed by atoms with Crippen LogP contribution in [0.2, 0.25) is 5.02 Å². The number of aliphatic hydroxyl groups is 1. The molecule has 0 saturated carbocycles. The van der Waals surface area contributed by atoms with Crippen LogP contribution in [0.1, 0.15) is 44.6 Å². The van der Waals surface area contributed by atoms with E-state index in [0.29, 0.717) is 49.4 Å². The zero-order chi connectivity index (χ0) is 28.5. The Balaban J connectivity index is 1.84. The van der Waals surface area contributed by atoms with Crippen LogP contribution in [-0.4, -0.2) is 83.2 Å². The molecule has 2 unspecified atom stereocenters. The van der Waals surface area contributed by atoms with E-state index in [1.54, 1.807) is 40.0 Å². The van der Waals surface area contributed by atoms with E-state index in [1.807, 2.05) is 26.0 Å². The van der Waals surface area contributed by atoms with Gasteiger partial charge in [-0.25, -0.2) is 0 Å². The number of halogens is 1. The monoisotopic (exact) mass is 557 g/mol. The van der Waals surface area contributed by atoms with Crippen LogP contribution in [0.4, 0.5) is 5.69 Å². The molecule has 0 radical (unpaired) electrons. The lowest BCUT2D eigenvalue weighted by atomic mass is 9.64. The van der Waals surface area contributed by atoms with E-state index in [-0.39, 0.29) is 37.4 Å². The maximum absolute atomic E-state index is 14.6. The fraction of sp³-hybridized carbons (Fsp3) is 0.567. The molecule has 3 heterocycles. The van der Waals surface area contributed by atoms with Gasteiger partial charge in [-0.05, 0) is 50.7 Å². The highest BCUT2D eigenvalue weighted by molar-refractivity contribution is 6.34. The lowest BCUT2D eigenvalue weighted by Crippen LogP contribution is -2.56. The highest BCUT2D eigenvalue weighted by atomic mass is 35.5. The number of ether oxygens (including phenoxy) is 1. The Kier molecular flexibility index (Phi) is 8.59. The average Bonchev–Trinajstić information content (AvgIpc) is 3.51. The zero-order valence-electron chi connectivity index (χ0n) is 23.2. The van der Waals surface area contributed by atoms with Crippen molar-refractivity contribution in [3.05, 3.63) is 54.1 Å². The summed E-state index contributed by atoms with van der Waals surface area (Å²) >= 11 is 6.61. The van der Waals surface area contributed by atoms with Crippen molar-refractivity contribution in [2.75, 3.05) is 38.2 Å². The predicted molar refractivity (Wildman–Crippen MR) is 151 cm³/mol. The molecule has 4 rings (SSSR count). The number of aliphatic hydroxyl groups excluding tert-OH is 1. The number of amides is 3. The zero-order valence-corrected chi connectivity index (χ0v) is 24.0. The summed E-state index contributed by atoms with van der Waals surface area (Å²) in [6.45, 7) is 12.3. The number of carbonyl (C=O) groups excluding carboxylic acids is 3. The molecule has 8 nitrogen and oxygen atoms in total. The second kappa shape index (κ2) is 11.4. The molecule has 212 valence electrons. The predicted octanol–water partition coefficient (Wildman–Crippen LogP) is 3.74. The minimum atomic E-state index is -1.13. The molecule has 1 aromatic rings. The minimum Gasteiger partial charge on any atom is -0.396 e. The van der Waals surface area contributed by atoms with Crippen LogP contribution in [0.3, 0.4) is 0 Å². The number of rotatable bonds is 12. The minimum absolute atomic E-state index is 0.0144. The highest BCUT2D eigenvalue weighted by Crippen LogP contribution is 2.64. The molecule has 0 aromatic heterocycles. The molecule has 3 amide bonds. The third-order valence-corrected chi connectivity index (χ3v) is 9.11. The molecule has 1 aromatic carbocycles. The van der Waals surface area contributed by atoms with E-state index < -0.39 is 29.1 Å². The molecule has 9 heteroatoms. The lowest BCUT2D eigenvalue weighted by molar-refractivity contribution is -0.150. The molecular weight excluding hydrogens is 518 g/mol. The first-order chi connectivity index (χ1) is 18.6. The van der Waals surface area contributed by atoms with Gasteiger partial charge in [-0.3, -0.25) is 14.4 Å². The van der Waals surface area contributed by atoms with Gasteiger partial charge in [0.1, 0.15) is 11.6 Å². The van der Waals surface area contributed by atoms with Crippen molar-refractivity contribution in [1.82, 2.24) is 9.80 Å². The first-order valence-electron chi connectivity index (χ1n) is 13.8. The van der Waals surface area contributed by atoms with E-state index in [2.05, 4.69) is 13.2 Å². The fourth-order valence-corrected chi connectivity index (χ4v) is 7.39. The van der Waals surface area contributed by atoms with Crippen LogP contribution in [0.15, 0.2) is 43.5 Å². The third kappa shape index (κ3) is 4.60. The highest BCUT2D eigenvalue weighted by Gasteiger charge is 2.79. The van der Waals surface area contributed by atoms with Crippen molar-refractivity contribution in [2.45, 2.75) is 63.2 Å². The fourth-order valence-electron chi connectivity index (χ4n) is 7.06. The van der Waals surface area contributed by atoms with Crippen molar-refractivity contribution < 1.29 is 24.2 Å². The van der Waals surface area contributed by atoms with Crippen LogP contribution in [0.25, 0.3) is 0 Å². The summed E-state index contributed by atoms with van der Waals surface area (Å²) in [6.07, 6.45) is 5.96. The van der Waals surface area contributed by atoms with Crippen molar-refractivity contribution in [3.8, 4) is 0 Å². The Bertz CT molecular complexity index is 1140. The summed E-state index contributed by atoms with van der Waals surface area (Å²) in [5.41, 5.74) is -0.550. The lowest BCUT2D eigenvalue weighted by Gasteiger charge is -2.37. The number of likely N-dealkylation sites (tertiary alicyclic amines) is 1. The van der Waals surface area contributed by atoms with E-state index >= 15 is 0 Å². The van der Waals surface area contributed by atoms with Crippen LogP contribution in [0, 0.1) is 18.8 Å². The molecule has 1 N–H and O–H groups in total. The second-order valence-corrected chi connectivity index (χ2v) is 11.4. The molecule has 3 aliphatic rings. The molecule has 3 aliphatic heterocycles. The molecule has 5 atom stereocenters. The van der Waals surface area contributed by atoms with Gasteiger partial charge >= 0.3 is 0 Å². The van der Waals surface area contributed by atoms with Gasteiger partial charge in [-0.15, -0.1) is 13.2 Å². The number of unbranched alkanes of at least 4 members (excludes halogenated alkanes) is 1. The third-order valence-electron chi connectivity index (χ3n) is 8.80. The first kappa shape index (κ1) is 29.3. The number of fused-ring (bicyclic) bond motifs is 1. The van der Waals surface area contributed by atoms with Gasteiger partial charge in [0.15, 0.2) is 0 Å². The van der Waals surface area contributed by atoms with Gasteiger partial charge in [0.2, 0.25) is 11.8 Å². The molecule has 2 bridgehead atoms. The molecular formula is C30H40ClN3O5. The number of carbonyl (C=O) groups is 3. The SMILES string of the molecule is C=CCN(C)C(=O)[C@@H]1[C@H]2C(=O)N(CCCCO)C(C(=O)N(CC=C)c3c(C)cccc3Cl)C23CC[C@@]1(CC)O3. The average molecular weight is 558 g/mol. The van der Waals surface area contributed by atoms with Gasteiger partial charge in [0, 0.05) is 33.3 Å². The Hall–Kier alpha value is -2.68. The van der Waals surface area contributed by atoms with Gasteiger partial charge in [0.05, 0.1) is 28.1 Å². The smallest absolute Gasteiger partial charge is 0.253 e. The van der Waals surface area contributed by atoms with E-state index in [4.69, 9.17) is 16.3 Å². The van der Waals surface area contributed by atoms with Gasteiger partial charge in [-0.1, -0.05) is 42.8 Å². The number of benzene rings is 1. The summed E-state index contributed by atoms with van der Waals surface area (Å²) in [4.78, 5) is 47.5. The molecule has 0 aliphatic carbocycles. The first-order valence-corrected chi connectivity index (χ1v) is 14.2. The largest absolute Gasteiger partial charge is 0.396 e. The normalized spacial score (nSPS) is 28.9. The Morgan fingerprint density at radius 2 is 1.92 bits per heavy atom. The molecule has 1 spiro atoms. The second-order valence-electron chi connectivity index (χ2n) is 10.9.